The number of hydrogen-bond donors (Lipinski definition) is 2. The van der Waals surface area contributed by atoms with Crippen molar-refractivity contribution >= 4 is 11.9 Å². The van der Waals surface area contributed by atoms with Gasteiger partial charge in [0.25, 0.3) is 0 Å². The summed E-state index contributed by atoms with van der Waals surface area (Å²) < 4.78 is 5.14. The van der Waals surface area contributed by atoms with Gasteiger partial charge in [-0.15, -0.1) is 0 Å². The van der Waals surface area contributed by atoms with Crippen molar-refractivity contribution in [2.75, 3.05) is 13.2 Å². The monoisotopic (exact) mass is 182 g/mol. The summed E-state index contributed by atoms with van der Waals surface area (Å²) in [5, 5.41) is 14.6. The Labute approximate surface area is 79.8 Å². The highest BCUT2D eigenvalue weighted by Gasteiger charge is 2.09. The molecule has 0 heterocycles. The first-order chi connectivity index (χ1) is 6.13. The van der Waals surface area contributed by atoms with Crippen molar-refractivity contribution in [3.63, 3.8) is 0 Å². The molecule has 0 aromatic heterocycles. The van der Waals surface area contributed by atoms with E-state index in [0.717, 1.165) is 5.57 Å². The molecule has 1 atom stereocenters. The average Bonchev–Trinajstić information content (AvgIpc) is 2.13. The lowest BCUT2D eigenvalue weighted by Gasteiger charge is -2.13. The smallest absolute Gasteiger partial charge is 0.0847 e. The van der Waals surface area contributed by atoms with Gasteiger partial charge in [-0.25, -0.2) is 0 Å². The lowest BCUT2D eigenvalue weighted by Crippen LogP contribution is -2.17. The van der Waals surface area contributed by atoms with E-state index in [1.54, 1.807) is 6.08 Å². The van der Waals surface area contributed by atoms with Gasteiger partial charge in [-0.2, -0.15) is 0 Å². The van der Waals surface area contributed by atoms with E-state index in [0.29, 0.717) is 18.9 Å². The van der Waals surface area contributed by atoms with Crippen LogP contribution < -0.4 is 0 Å². The zero-order valence-corrected chi connectivity index (χ0v) is 8.55. The van der Waals surface area contributed by atoms with Crippen LogP contribution in [0.2, 0.25) is 0 Å². The van der Waals surface area contributed by atoms with Gasteiger partial charge in [0.1, 0.15) is 0 Å². The van der Waals surface area contributed by atoms with E-state index in [4.69, 9.17) is 15.6 Å². The van der Waals surface area contributed by atoms with Crippen molar-refractivity contribution in [2.24, 2.45) is 5.92 Å². The molecule has 0 radical (unpaired) electrons. The first kappa shape index (κ1) is 12.0. The Morgan fingerprint density at radius 2 is 2.15 bits per heavy atom. The zero-order chi connectivity index (χ0) is 10.3. The molecule has 0 fully saturated rings. The van der Waals surface area contributed by atoms with Gasteiger partial charge in [0, 0.05) is 24.5 Å². The molecule has 0 aliphatic heterocycles. The quantitative estimate of drug-likeness (QED) is 0.608. The van der Waals surface area contributed by atoms with E-state index in [1.165, 1.54) is 6.21 Å². The summed E-state index contributed by atoms with van der Waals surface area (Å²) in [7, 11) is 0. The summed E-state index contributed by atoms with van der Waals surface area (Å²) in [6.07, 6.45) is 2.96. The van der Waals surface area contributed by atoms with Crippen LogP contribution in [0.25, 0.3) is 0 Å². The highest BCUT2D eigenvalue weighted by atomic mass is 16.5. The second-order valence-corrected chi connectivity index (χ2v) is 2.96. The van der Waals surface area contributed by atoms with E-state index in [-0.39, 0.29) is 5.92 Å². The Morgan fingerprint density at radius 3 is 2.62 bits per heavy atom. The Balaban J connectivity index is 4.09. The van der Waals surface area contributed by atoms with Crippen LogP contribution in [0.15, 0.2) is 11.6 Å². The number of nitrogens with one attached hydrogen (secondary N) is 2. The molecule has 0 bridgehead atoms. The van der Waals surface area contributed by atoms with Gasteiger partial charge < -0.3 is 15.6 Å². The molecule has 3 heteroatoms. The summed E-state index contributed by atoms with van der Waals surface area (Å²) in [5.41, 5.74) is 1.59. The lowest BCUT2D eigenvalue weighted by molar-refractivity contribution is 0.184. The van der Waals surface area contributed by atoms with E-state index in [1.807, 2.05) is 20.8 Å². The maximum atomic E-state index is 7.67. The van der Waals surface area contributed by atoms with E-state index in [2.05, 4.69) is 0 Å². The van der Waals surface area contributed by atoms with Gasteiger partial charge in [0.2, 0.25) is 0 Å². The number of ether oxygens (including phenoxy) is 1. The van der Waals surface area contributed by atoms with Crippen LogP contribution in [-0.4, -0.2) is 25.1 Å². The fourth-order valence-corrected chi connectivity index (χ4v) is 0.888. The Kier molecular flexibility index (Phi) is 6.06. The van der Waals surface area contributed by atoms with E-state index < -0.39 is 0 Å². The zero-order valence-electron chi connectivity index (χ0n) is 8.55. The van der Waals surface area contributed by atoms with Crippen LogP contribution in [0.3, 0.4) is 0 Å². The van der Waals surface area contributed by atoms with Gasteiger partial charge in [0.15, 0.2) is 0 Å². The second-order valence-electron chi connectivity index (χ2n) is 2.96. The van der Waals surface area contributed by atoms with Crippen LogP contribution in [0.1, 0.15) is 20.8 Å². The minimum Gasteiger partial charge on any atom is -0.376 e. The van der Waals surface area contributed by atoms with Crippen molar-refractivity contribution in [2.45, 2.75) is 20.8 Å². The largest absolute Gasteiger partial charge is 0.376 e. The third-order valence-corrected chi connectivity index (χ3v) is 2.01. The molecule has 0 rings (SSSR count). The van der Waals surface area contributed by atoms with Gasteiger partial charge in [-0.05, 0) is 19.9 Å². The number of rotatable bonds is 6. The fraction of sp³-hybridized carbons (Fsp3) is 0.600. The topological polar surface area (TPSA) is 56.9 Å². The minimum atomic E-state index is 0.0770. The van der Waals surface area contributed by atoms with Crippen molar-refractivity contribution < 1.29 is 4.74 Å². The Bertz CT molecular complexity index is 209. The first-order valence-corrected chi connectivity index (χ1v) is 4.45. The predicted molar refractivity (Wildman–Crippen MR) is 55.9 cm³/mol. The van der Waals surface area contributed by atoms with Crippen LogP contribution >= 0.6 is 0 Å². The molecule has 3 nitrogen and oxygen atoms in total. The normalized spacial score (nSPS) is 13.9. The molecule has 0 aromatic carbocycles. The molecule has 0 aliphatic rings. The van der Waals surface area contributed by atoms with Gasteiger partial charge >= 0.3 is 0 Å². The van der Waals surface area contributed by atoms with Gasteiger partial charge in [-0.3, -0.25) is 0 Å². The maximum Gasteiger partial charge on any atom is 0.0847 e. The number of allylic oxidation sites excluding steroid dienone is 2. The molecule has 0 aromatic rings. The van der Waals surface area contributed by atoms with Crippen molar-refractivity contribution in [3.8, 4) is 0 Å². The highest BCUT2D eigenvalue weighted by Crippen LogP contribution is 2.10. The fourth-order valence-electron chi connectivity index (χ4n) is 0.888. The van der Waals surface area contributed by atoms with Crippen LogP contribution in [0.5, 0.6) is 0 Å². The van der Waals surface area contributed by atoms with E-state index in [9.17, 15) is 0 Å². The molecule has 1 unspecified atom stereocenters. The molecular formula is C10H18N2O. The van der Waals surface area contributed by atoms with Crippen LogP contribution in [-0.2, 0) is 4.74 Å². The maximum absolute atomic E-state index is 7.67. The Morgan fingerprint density at radius 1 is 1.54 bits per heavy atom. The minimum absolute atomic E-state index is 0.0770. The van der Waals surface area contributed by atoms with Crippen molar-refractivity contribution in [1.29, 1.82) is 10.8 Å². The van der Waals surface area contributed by atoms with Gasteiger partial charge in [-0.1, -0.05) is 12.5 Å². The molecular weight excluding hydrogens is 164 g/mol. The number of hydrogen-bond acceptors (Lipinski definition) is 3. The standard InChI is InChI=1S/C10H18N2O/c1-4-13-7-10(12)9(3)8(2)5-6-11/h5-6,9,11-12H,4,7H2,1-3H3/b8-5-,11-6?,12-10?. The summed E-state index contributed by atoms with van der Waals surface area (Å²) >= 11 is 0. The van der Waals surface area contributed by atoms with Crippen LogP contribution in [0.4, 0.5) is 0 Å². The molecule has 0 amide bonds. The van der Waals surface area contributed by atoms with Gasteiger partial charge in [0.05, 0.1) is 6.61 Å². The average molecular weight is 182 g/mol. The van der Waals surface area contributed by atoms with E-state index >= 15 is 0 Å². The first-order valence-electron chi connectivity index (χ1n) is 4.45. The molecule has 74 valence electrons. The molecule has 2 N–H and O–H groups in total. The molecule has 13 heavy (non-hydrogen) atoms. The lowest BCUT2D eigenvalue weighted by atomic mass is 9.97. The predicted octanol–water partition coefficient (Wildman–Crippen LogP) is 2.27. The molecule has 0 saturated carbocycles. The summed E-state index contributed by atoms with van der Waals surface area (Å²) in [4.78, 5) is 0. The molecule has 0 aliphatic carbocycles. The molecule has 0 saturated heterocycles. The summed E-state index contributed by atoms with van der Waals surface area (Å²) in [6, 6.07) is 0. The SMILES string of the molecule is CCOCC(=N)C(C)/C(C)=C\C=N. The summed E-state index contributed by atoms with van der Waals surface area (Å²) in [5.74, 6) is 0.0770. The Hall–Kier alpha value is -0.960. The molecule has 0 spiro atoms. The third-order valence-electron chi connectivity index (χ3n) is 2.01. The van der Waals surface area contributed by atoms with Crippen LogP contribution in [0, 0.1) is 16.7 Å². The third kappa shape index (κ3) is 4.58. The highest BCUT2D eigenvalue weighted by molar-refractivity contribution is 5.88. The summed E-state index contributed by atoms with van der Waals surface area (Å²) in [6.45, 7) is 6.83. The second kappa shape index (κ2) is 6.54. The van der Waals surface area contributed by atoms with Crippen molar-refractivity contribution in [3.05, 3.63) is 11.6 Å². The van der Waals surface area contributed by atoms with Crippen molar-refractivity contribution in [1.82, 2.24) is 0 Å².